The largest absolute Gasteiger partial charge is 0.489 e. The molecule has 1 N–H and O–H groups in total. The zero-order valence-electron chi connectivity index (χ0n) is 21.8. The molecule has 2 aliphatic carbocycles. The van der Waals surface area contributed by atoms with E-state index in [0.717, 1.165) is 46.1 Å². The molecule has 0 saturated heterocycles. The highest BCUT2D eigenvalue weighted by atomic mass is 16.5. The third-order valence-corrected chi connectivity index (χ3v) is 8.13. The van der Waals surface area contributed by atoms with Crippen LogP contribution in [-0.4, -0.2) is 34.1 Å². The number of ether oxygens (including phenoxy) is 1. The first-order valence-electron chi connectivity index (χ1n) is 13.7. The quantitative estimate of drug-likeness (QED) is 0.392. The zero-order chi connectivity index (χ0) is 26.9. The second-order valence-electron chi connectivity index (χ2n) is 10.5. The summed E-state index contributed by atoms with van der Waals surface area (Å²) >= 11 is 0. The van der Waals surface area contributed by atoms with Crippen LogP contribution >= 0.6 is 0 Å². The molecule has 6 rings (SSSR count). The Labute approximate surface area is 227 Å². The fourth-order valence-electron chi connectivity index (χ4n) is 6.43. The highest BCUT2D eigenvalue weighted by molar-refractivity contribution is 6.06. The second kappa shape index (κ2) is 10.5. The summed E-state index contributed by atoms with van der Waals surface area (Å²) in [4.78, 5) is 40.5. The van der Waals surface area contributed by atoms with Crippen molar-refractivity contribution < 1.29 is 24.2 Å². The highest BCUT2D eigenvalue weighted by Crippen LogP contribution is 2.50. The normalized spacial score (nSPS) is 17.9. The van der Waals surface area contributed by atoms with Crippen molar-refractivity contribution in [3.8, 4) is 5.75 Å². The lowest BCUT2D eigenvalue weighted by molar-refractivity contribution is -0.137. The molecule has 0 unspecified atom stereocenters. The third-order valence-electron chi connectivity index (χ3n) is 8.13. The van der Waals surface area contributed by atoms with Crippen LogP contribution in [0.5, 0.6) is 5.75 Å². The van der Waals surface area contributed by atoms with E-state index in [1.54, 1.807) is 0 Å². The number of fused-ring (bicyclic) bond motifs is 1. The maximum atomic E-state index is 13.5. The maximum absolute atomic E-state index is 13.5. The van der Waals surface area contributed by atoms with E-state index in [0.29, 0.717) is 49.2 Å². The van der Waals surface area contributed by atoms with Gasteiger partial charge >= 0.3 is 5.97 Å². The van der Waals surface area contributed by atoms with Crippen LogP contribution in [0.4, 0.5) is 0 Å². The van der Waals surface area contributed by atoms with Crippen LogP contribution in [0, 0.1) is 0 Å². The van der Waals surface area contributed by atoms with E-state index in [4.69, 9.17) is 4.74 Å². The smallest absolute Gasteiger partial charge is 0.305 e. The van der Waals surface area contributed by atoms with E-state index in [9.17, 15) is 19.5 Å². The van der Waals surface area contributed by atoms with Crippen molar-refractivity contribution in [3.63, 3.8) is 0 Å². The number of hydrogen-bond acceptors (Lipinski definition) is 5. The van der Waals surface area contributed by atoms with Gasteiger partial charge in [-0.15, -0.1) is 0 Å². The SMILES string of the molecule is O=C(O)CCN1C2=C(C(=O)CCC2)C(c2ccccc2OCc2cccc3ccccc23)C2=C1CCCC2=O. The van der Waals surface area contributed by atoms with Gasteiger partial charge in [-0.25, -0.2) is 0 Å². The van der Waals surface area contributed by atoms with Crippen molar-refractivity contribution >= 4 is 28.3 Å². The number of benzene rings is 3. The maximum Gasteiger partial charge on any atom is 0.305 e. The molecule has 3 aromatic carbocycles. The summed E-state index contributed by atoms with van der Waals surface area (Å²) in [6.45, 7) is 0.620. The van der Waals surface area contributed by atoms with Crippen molar-refractivity contribution in [2.24, 2.45) is 0 Å². The number of Topliss-reactive ketones (excluding diaryl/α,β-unsaturated/α-hetero) is 2. The van der Waals surface area contributed by atoms with E-state index in [2.05, 4.69) is 24.3 Å². The number of carboxylic acid groups (broad SMARTS) is 1. The lowest BCUT2D eigenvalue weighted by Crippen LogP contribution is -2.40. The Morgan fingerprint density at radius 2 is 1.46 bits per heavy atom. The molecule has 0 atom stereocenters. The summed E-state index contributed by atoms with van der Waals surface area (Å²) in [5.74, 6) is -0.658. The first kappa shape index (κ1) is 25.1. The molecule has 0 amide bonds. The Kier molecular flexibility index (Phi) is 6.77. The standard InChI is InChI=1S/C33H31NO5/c35-27-15-6-13-25-32(27)31(33-26(14-7-16-28(33)36)34(25)19-18-30(37)38)24-12-3-4-17-29(24)39-20-22-10-5-9-21-8-1-2-11-23(21)22/h1-5,8-12,17,31H,6-7,13-16,18-20H2,(H,37,38). The van der Waals surface area contributed by atoms with Crippen LogP contribution in [-0.2, 0) is 21.0 Å². The molecular formula is C33H31NO5. The summed E-state index contributed by atoms with van der Waals surface area (Å²) in [7, 11) is 0. The minimum absolute atomic E-state index is 0.0374. The molecule has 3 aliphatic rings. The van der Waals surface area contributed by atoms with Crippen molar-refractivity contribution in [1.29, 1.82) is 0 Å². The summed E-state index contributed by atoms with van der Waals surface area (Å²) in [6, 6.07) is 22.1. The Morgan fingerprint density at radius 1 is 0.821 bits per heavy atom. The molecule has 0 saturated carbocycles. The molecule has 0 radical (unpaired) electrons. The van der Waals surface area contributed by atoms with E-state index >= 15 is 0 Å². The fourth-order valence-corrected chi connectivity index (χ4v) is 6.43. The van der Waals surface area contributed by atoms with Crippen molar-refractivity contribution in [1.82, 2.24) is 4.90 Å². The van der Waals surface area contributed by atoms with Gasteiger partial charge < -0.3 is 14.7 Å². The van der Waals surface area contributed by atoms with Gasteiger partial charge in [0.2, 0.25) is 0 Å². The average molecular weight is 522 g/mol. The number of ketones is 2. The number of para-hydroxylation sites is 1. The number of carboxylic acids is 1. The predicted octanol–water partition coefficient (Wildman–Crippen LogP) is 6.31. The fraction of sp³-hybridized carbons (Fsp3) is 0.303. The van der Waals surface area contributed by atoms with Crippen molar-refractivity contribution in [3.05, 3.63) is 100 Å². The van der Waals surface area contributed by atoms with Gasteiger partial charge in [-0.1, -0.05) is 60.7 Å². The summed E-state index contributed by atoms with van der Waals surface area (Å²) < 4.78 is 6.46. The van der Waals surface area contributed by atoms with Crippen molar-refractivity contribution in [2.75, 3.05) is 6.54 Å². The molecule has 198 valence electrons. The summed E-state index contributed by atoms with van der Waals surface area (Å²) in [5, 5.41) is 11.7. The van der Waals surface area contributed by atoms with Crippen LogP contribution in [0.2, 0.25) is 0 Å². The van der Waals surface area contributed by atoms with E-state index in [1.165, 1.54) is 0 Å². The number of aliphatic carboxylic acids is 1. The summed E-state index contributed by atoms with van der Waals surface area (Å²) in [5.41, 5.74) is 4.93. The molecule has 0 bridgehead atoms. The molecule has 1 aliphatic heterocycles. The average Bonchev–Trinajstić information content (AvgIpc) is 2.95. The van der Waals surface area contributed by atoms with Gasteiger partial charge in [0.05, 0.1) is 6.42 Å². The first-order chi connectivity index (χ1) is 19.0. The van der Waals surface area contributed by atoms with Gasteiger partial charge in [0.25, 0.3) is 0 Å². The highest BCUT2D eigenvalue weighted by Gasteiger charge is 2.44. The lowest BCUT2D eigenvalue weighted by Gasteiger charge is -2.44. The van der Waals surface area contributed by atoms with Gasteiger partial charge in [-0.2, -0.15) is 0 Å². The number of rotatable bonds is 7. The third kappa shape index (κ3) is 4.65. The molecule has 39 heavy (non-hydrogen) atoms. The second-order valence-corrected chi connectivity index (χ2v) is 10.5. The summed E-state index contributed by atoms with van der Waals surface area (Å²) in [6.07, 6.45) is 3.65. The topological polar surface area (TPSA) is 83.9 Å². The predicted molar refractivity (Wildman–Crippen MR) is 148 cm³/mol. The minimum atomic E-state index is -0.891. The lowest BCUT2D eigenvalue weighted by atomic mass is 9.70. The molecule has 0 spiro atoms. The Hall–Kier alpha value is -4.19. The molecule has 6 heteroatoms. The van der Waals surface area contributed by atoms with Gasteiger partial charge in [-0.3, -0.25) is 14.4 Å². The van der Waals surface area contributed by atoms with Crippen molar-refractivity contribution in [2.45, 2.75) is 57.5 Å². The van der Waals surface area contributed by atoms with Crippen LogP contribution in [0.15, 0.2) is 89.3 Å². The van der Waals surface area contributed by atoms with E-state index in [1.807, 2.05) is 47.4 Å². The molecule has 0 fully saturated rings. The first-order valence-corrected chi connectivity index (χ1v) is 13.7. The molecule has 3 aromatic rings. The zero-order valence-corrected chi connectivity index (χ0v) is 21.8. The van der Waals surface area contributed by atoms with Gasteiger partial charge in [0.15, 0.2) is 11.6 Å². The van der Waals surface area contributed by atoms with Crippen LogP contribution in [0.1, 0.15) is 62.0 Å². The van der Waals surface area contributed by atoms with Crippen LogP contribution in [0.3, 0.4) is 0 Å². The Morgan fingerprint density at radius 3 is 2.18 bits per heavy atom. The van der Waals surface area contributed by atoms with E-state index < -0.39 is 11.9 Å². The monoisotopic (exact) mass is 521 g/mol. The Bertz CT molecular complexity index is 1500. The number of nitrogens with zero attached hydrogens (tertiary/aromatic N) is 1. The number of hydrogen-bond donors (Lipinski definition) is 1. The molecule has 0 aromatic heterocycles. The molecule has 1 heterocycles. The van der Waals surface area contributed by atoms with Crippen LogP contribution < -0.4 is 4.74 Å². The Balaban J connectivity index is 1.44. The van der Waals surface area contributed by atoms with Gasteiger partial charge in [0, 0.05) is 53.4 Å². The number of carbonyl (C=O) groups excluding carboxylic acids is 2. The number of allylic oxidation sites excluding steroid dienone is 4. The van der Waals surface area contributed by atoms with Gasteiger partial charge in [0.1, 0.15) is 12.4 Å². The van der Waals surface area contributed by atoms with Crippen LogP contribution in [0.25, 0.3) is 10.8 Å². The molecular weight excluding hydrogens is 490 g/mol. The minimum Gasteiger partial charge on any atom is -0.489 e. The number of carbonyl (C=O) groups is 3. The van der Waals surface area contributed by atoms with Gasteiger partial charge in [-0.05, 0) is 48.1 Å². The molecule has 6 nitrogen and oxygen atoms in total. The van der Waals surface area contributed by atoms with E-state index in [-0.39, 0.29) is 24.5 Å².